The molecule has 0 unspecified atom stereocenters. The molecule has 0 aliphatic rings. The second-order valence-electron chi connectivity index (χ2n) is 4.99. The number of rotatable bonds is 5. The van der Waals surface area contributed by atoms with E-state index >= 15 is 0 Å². The molecule has 21 heavy (non-hydrogen) atoms. The van der Waals surface area contributed by atoms with Crippen molar-refractivity contribution in [3.05, 3.63) is 35.5 Å². The Labute approximate surface area is 130 Å². The molecule has 0 aliphatic heterocycles. The first-order chi connectivity index (χ1) is 9.99. The van der Waals surface area contributed by atoms with Gasteiger partial charge in [0.2, 0.25) is 5.95 Å². The first-order valence-corrected chi connectivity index (χ1v) is 7.31. The monoisotopic (exact) mass is 305 g/mol. The van der Waals surface area contributed by atoms with Crippen LogP contribution in [0.2, 0.25) is 5.15 Å². The molecule has 0 fully saturated rings. The van der Waals surface area contributed by atoms with Gasteiger partial charge in [-0.2, -0.15) is 4.98 Å². The lowest BCUT2D eigenvalue weighted by molar-refractivity contribution is 0.704. The summed E-state index contributed by atoms with van der Waals surface area (Å²) in [5.41, 5.74) is 7.69. The molecule has 2 rings (SSSR count). The smallest absolute Gasteiger partial charge is 0.223 e. The van der Waals surface area contributed by atoms with Crippen LogP contribution in [-0.4, -0.2) is 22.6 Å². The van der Waals surface area contributed by atoms with Crippen LogP contribution in [0, 0.1) is 0 Å². The number of hydrogen-bond donors (Lipinski definition) is 2. The van der Waals surface area contributed by atoms with E-state index in [0.29, 0.717) is 17.0 Å². The maximum absolute atomic E-state index is 5.86. The van der Waals surface area contributed by atoms with Gasteiger partial charge in [0.25, 0.3) is 0 Å². The summed E-state index contributed by atoms with van der Waals surface area (Å²) in [6.45, 7) is 7.49. The third-order valence-corrected chi connectivity index (χ3v) is 3.34. The molecule has 112 valence electrons. The second-order valence-corrected chi connectivity index (χ2v) is 5.37. The minimum absolute atomic E-state index is 0.151. The number of halogens is 1. The van der Waals surface area contributed by atoms with E-state index in [4.69, 9.17) is 17.3 Å². The second kappa shape index (κ2) is 6.63. The molecule has 1 aromatic heterocycles. The number of nitrogens with two attached hydrogens (primary N) is 1. The highest BCUT2D eigenvalue weighted by atomic mass is 35.5. The van der Waals surface area contributed by atoms with Gasteiger partial charge < -0.3 is 16.0 Å². The van der Waals surface area contributed by atoms with E-state index in [1.807, 2.05) is 12.1 Å². The minimum atomic E-state index is 0.151. The van der Waals surface area contributed by atoms with Crippen molar-refractivity contribution >= 4 is 34.7 Å². The fourth-order valence-electron chi connectivity index (χ4n) is 2.23. The molecule has 0 aliphatic carbocycles. The third kappa shape index (κ3) is 3.98. The van der Waals surface area contributed by atoms with Crippen LogP contribution in [0.5, 0.6) is 0 Å². The molecular weight excluding hydrogens is 286 g/mol. The van der Waals surface area contributed by atoms with Crippen molar-refractivity contribution in [2.24, 2.45) is 0 Å². The summed E-state index contributed by atoms with van der Waals surface area (Å²) in [6.07, 6.45) is 0. The highest BCUT2D eigenvalue weighted by Crippen LogP contribution is 2.22. The Morgan fingerprint density at radius 2 is 1.90 bits per heavy atom. The normalized spacial score (nSPS) is 10.7. The SMILES string of the molecule is CCN(c1ccc(Nc2cc(Cl)nc(N)n2)cc1)C(C)C. The Morgan fingerprint density at radius 3 is 2.43 bits per heavy atom. The molecule has 0 atom stereocenters. The van der Waals surface area contributed by atoms with Crippen LogP contribution >= 0.6 is 11.6 Å². The Kier molecular flexibility index (Phi) is 4.85. The van der Waals surface area contributed by atoms with Gasteiger partial charge in [-0.15, -0.1) is 0 Å². The summed E-state index contributed by atoms with van der Waals surface area (Å²) >= 11 is 5.86. The molecule has 0 saturated carbocycles. The first kappa shape index (κ1) is 15.4. The van der Waals surface area contributed by atoms with Gasteiger partial charge in [0.05, 0.1) is 0 Å². The van der Waals surface area contributed by atoms with Gasteiger partial charge in [-0.05, 0) is 45.0 Å². The number of benzene rings is 1. The third-order valence-electron chi connectivity index (χ3n) is 3.15. The molecule has 6 heteroatoms. The number of anilines is 4. The van der Waals surface area contributed by atoms with Gasteiger partial charge in [0, 0.05) is 30.0 Å². The number of hydrogen-bond acceptors (Lipinski definition) is 5. The average molecular weight is 306 g/mol. The van der Waals surface area contributed by atoms with Crippen LogP contribution in [0.1, 0.15) is 20.8 Å². The number of aromatic nitrogens is 2. The first-order valence-electron chi connectivity index (χ1n) is 6.93. The molecule has 0 radical (unpaired) electrons. The summed E-state index contributed by atoms with van der Waals surface area (Å²) in [7, 11) is 0. The highest BCUT2D eigenvalue weighted by Gasteiger charge is 2.08. The summed E-state index contributed by atoms with van der Waals surface area (Å²) in [4.78, 5) is 10.2. The summed E-state index contributed by atoms with van der Waals surface area (Å²) < 4.78 is 0. The van der Waals surface area contributed by atoms with E-state index in [-0.39, 0.29) is 5.95 Å². The average Bonchev–Trinajstić information content (AvgIpc) is 2.40. The Bertz CT molecular complexity index is 577. The molecular formula is C15H20ClN5. The lowest BCUT2D eigenvalue weighted by Gasteiger charge is -2.27. The number of nitrogen functional groups attached to an aromatic ring is 1. The molecule has 0 saturated heterocycles. The lowest BCUT2D eigenvalue weighted by Crippen LogP contribution is -2.30. The quantitative estimate of drug-likeness (QED) is 0.825. The van der Waals surface area contributed by atoms with Crippen molar-refractivity contribution < 1.29 is 0 Å². The van der Waals surface area contributed by atoms with Crippen LogP contribution in [0.15, 0.2) is 30.3 Å². The maximum atomic E-state index is 5.86. The zero-order valence-corrected chi connectivity index (χ0v) is 13.2. The molecule has 0 bridgehead atoms. The standard InChI is InChI=1S/C15H20ClN5/c1-4-21(10(2)3)12-7-5-11(6-8-12)18-14-9-13(16)19-15(17)20-14/h5-10H,4H2,1-3H3,(H3,17,18,19,20). The number of nitrogens with one attached hydrogen (secondary N) is 1. The maximum Gasteiger partial charge on any atom is 0.223 e. The largest absolute Gasteiger partial charge is 0.369 e. The fourth-order valence-corrected chi connectivity index (χ4v) is 2.42. The van der Waals surface area contributed by atoms with Crippen LogP contribution in [0.3, 0.4) is 0 Å². The fraction of sp³-hybridized carbons (Fsp3) is 0.333. The molecule has 5 nitrogen and oxygen atoms in total. The summed E-state index contributed by atoms with van der Waals surface area (Å²) in [5.74, 6) is 0.732. The zero-order valence-electron chi connectivity index (χ0n) is 12.5. The van der Waals surface area contributed by atoms with E-state index in [2.05, 4.69) is 53.1 Å². The highest BCUT2D eigenvalue weighted by molar-refractivity contribution is 6.29. The van der Waals surface area contributed by atoms with Crippen molar-refractivity contribution in [3.63, 3.8) is 0 Å². The molecule has 3 N–H and O–H groups in total. The van der Waals surface area contributed by atoms with Gasteiger partial charge in [-0.3, -0.25) is 0 Å². The predicted molar refractivity (Wildman–Crippen MR) is 89.3 cm³/mol. The van der Waals surface area contributed by atoms with Gasteiger partial charge >= 0.3 is 0 Å². The van der Waals surface area contributed by atoms with Crippen LogP contribution in [0.4, 0.5) is 23.1 Å². The van der Waals surface area contributed by atoms with E-state index in [0.717, 1.165) is 12.2 Å². The van der Waals surface area contributed by atoms with E-state index in [9.17, 15) is 0 Å². The van der Waals surface area contributed by atoms with Crippen molar-refractivity contribution in [3.8, 4) is 0 Å². The Morgan fingerprint density at radius 1 is 1.24 bits per heavy atom. The van der Waals surface area contributed by atoms with Crippen LogP contribution < -0.4 is 16.0 Å². The van der Waals surface area contributed by atoms with Gasteiger partial charge in [0.1, 0.15) is 11.0 Å². The molecule has 2 aromatic rings. The van der Waals surface area contributed by atoms with E-state index in [1.165, 1.54) is 5.69 Å². The van der Waals surface area contributed by atoms with E-state index in [1.54, 1.807) is 6.07 Å². The Balaban J connectivity index is 2.15. The number of nitrogens with zero attached hydrogens (tertiary/aromatic N) is 3. The van der Waals surface area contributed by atoms with Gasteiger partial charge in [-0.1, -0.05) is 11.6 Å². The topological polar surface area (TPSA) is 67.1 Å². The molecule has 1 aromatic carbocycles. The Hall–Kier alpha value is -2.01. The zero-order chi connectivity index (χ0) is 15.4. The van der Waals surface area contributed by atoms with Crippen LogP contribution in [-0.2, 0) is 0 Å². The molecule has 0 amide bonds. The predicted octanol–water partition coefficient (Wildman–Crippen LogP) is 3.69. The van der Waals surface area contributed by atoms with Crippen molar-refractivity contribution in [2.75, 3.05) is 22.5 Å². The van der Waals surface area contributed by atoms with Crippen molar-refractivity contribution in [1.82, 2.24) is 9.97 Å². The summed E-state index contributed by atoms with van der Waals surface area (Å²) in [6, 6.07) is 10.3. The van der Waals surface area contributed by atoms with Crippen molar-refractivity contribution in [2.45, 2.75) is 26.8 Å². The lowest BCUT2D eigenvalue weighted by atomic mass is 10.2. The van der Waals surface area contributed by atoms with E-state index < -0.39 is 0 Å². The summed E-state index contributed by atoms with van der Waals surface area (Å²) in [5, 5.41) is 3.48. The van der Waals surface area contributed by atoms with Crippen LogP contribution in [0.25, 0.3) is 0 Å². The van der Waals surface area contributed by atoms with Crippen molar-refractivity contribution in [1.29, 1.82) is 0 Å². The minimum Gasteiger partial charge on any atom is -0.369 e. The van der Waals surface area contributed by atoms with Gasteiger partial charge in [0.15, 0.2) is 0 Å². The molecule has 0 spiro atoms. The molecule has 1 heterocycles. The van der Waals surface area contributed by atoms with Gasteiger partial charge in [-0.25, -0.2) is 4.98 Å².